The van der Waals surface area contributed by atoms with Gasteiger partial charge < -0.3 is 10.4 Å². The summed E-state index contributed by atoms with van der Waals surface area (Å²) in [6.07, 6.45) is 5.55. The summed E-state index contributed by atoms with van der Waals surface area (Å²) in [5, 5.41) is 12.5. The van der Waals surface area contributed by atoms with E-state index in [-0.39, 0.29) is 0 Å². The number of rotatable bonds is 5. The molecule has 2 atom stereocenters. The summed E-state index contributed by atoms with van der Waals surface area (Å²) in [6, 6.07) is 7.87. The van der Waals surface area contributed by atoms with Gasteiger partial charge >= 0.3 is 5.97 Å². The highest BCUT2D eigenvalue weighted by atomic mass is 16.4. The number of hydrogen-bond donors (Lipinski definition) is 2. The van der Waals surface area contributed by atoms with Crippen LogP contribution < -0.4 is 5.32 Å². The molecule has 0 aromatic heterocycles. The Balaban J connectivity index is 1.51. The van der Waals surface area contributed by atoms with E-state index in [1.807, 2.05) is 12.1 Å². The molecule has 2 aliphatic carbocycles. The van der Waals surface area contributed by atoms with Crippen molar-refractivity contribution in [1.29, 1.82) is 0 Å². The molecule has 1 aromatic rings. The zero-order chi connectivity index (χ0) is 12.5. The highest BCUT2D eigenvalue weighted by molar-refractivity contribution is 5.87. The first-order valence-electron chi connectivity index (χ1n) is 6.79. The van der Waals surface area contributed by atoms with Crippen LogP contribution in [0.1, 0.15) is 41.6 Å². The summed E-state index contributed by atoms with van der Waals surface area (Å²) in [5.41, 5.74) is 1.44. The van der Waals surface area contributed by atoms with E-state index in [9.17, 15) is 4.79 Å². The number of carboxylic acids is 1. The van der Waals surface area contributed by atoms with Crippen molar-refractivity contribution in [2.45, 2.75) is 38.3 Å². The van der Waals surface area contributed by atoms with Gasteiger partial charge in [0.25, 0.3) is 0 Å². The molecule has 0 unspecified atom stereocenters. The molecule has 0 spiro atoms. The summed E-state index contributed by atoms with van der Waals surface area (Å²) in [6.45, 7) is 0.787. The molecule has 0 aliphatic heterocycles. The average Bonchev–Trinajstić information content (AvgIpc) is 3.04. The molecule has 1 aromatic carbocycles. The first-order valence-corrected chi connectivity index (χ1v) is 6.79. The molecule has 2 N–H and O–H groups in total. The molecular formula is C15H19NO2. The molecule has 3 rings (SSSR count). The Labute approximate surface area is 107 Å². The predicted molar refractivity (Wildman–Crippen MR) is 69.5 cm³/mol. The average molecular weight is 245 g/mol. The van der Waals surface area contributed by atoms with Crippen LogP contribution in [0.25, 0.3) is 0 Å². The Morgan fingerprint density at radius 1 is 1.39 bits per heavy atom. The normalized spacial score (nSPS) is 26.7. The quantitative estimate of drug-likeness (QED) is 0.838. The second kappa shape index (κ2) is 4.73. The third-order valence-corrected chi connectivity index (χ3v) is 4.34. The fourth-order valence-corrected chi connectivity index (χ4v) is 2.90. The third kappa shape index (κ3) is 2.41. The number of carbonyl (C=O) groups is 1. The molecule has 0 saturated heterocycles. The number of nitrogens with one attached hydrogen (secondary N) is 1. The highest BCUT2D eigenvalue weighted by Crippen LogP contribution is 2.47. The van der Waals surface area contributed by atoms with Gasteiger partial charge in [0.2, 0.25) is 0 Å². The summed E-state index contributed by atoms with van der Waals surface area (Å²) < 4.78 is 0. The summed E-state index contributed by atoms with van der Waals surface area (Å²) in [5.74, 6) is 1.00. The van der Waals surface area contributed by atoms with Crippen molar-refractivity contribution in [3.63, 3.8) is 0 Å². The minimum atomic E-state index is -0.851. The maximum absolute atomic E-state index is 10.9. The largest absolute Gasteiger partial charge is 0.478 e. The van der Waals surface area contributed by atoms with Gasteiger partial charge in [-0.3, -0.25) is 0 Å². The minimum absolute atomic E-state index is 0.376. The van der Waals surface area contributed by atoms with Crippen molar-refractivity contribution in [3.05, 3.63) is 35.4 Å². The molecule has 0 heterocycles. The summed E-state index contributed by atoms with van der Waals surface area (Å²) in [4.78, 5) is 10.9. The minimum Gasteiger partial charge on any atom is -0.478 e. The maximum atomic E-state index is 10.9. The van der Waals surface area contributed by atoms with Crippen LogP contribution in [-0.2, 0) is 6.54 Å². The lowest BCUT2D eigenvalue weighted by atomic mass is 9.81. The van der Waals surface area contributed by atoms with E-state index in [4.69, 9.17) is 5.11 Å². The number of hydrogen-bond acceptors (Lipinski definition) is 2. The lowest BCUT2D eigenvalue weighted by molar-refractivity contribution is 0.0697. The van der Waals surface area contributed by atoms with Crippen molar-refractivity contribution >= 4 is 5.97 Å². The zero-order valence-corrected chi connectivity index (χ0v) is 10.4. The standard InChI is InChI=1S/C15H19NO2/c17-15(18)12-6-1-3-10(7-12)9-16-14-8-13(14)11-4-2-5-11/h1,3,6-7,11,13-14,16H,2,4-5,8-9H2,(H,17,18)/t13-,14+/m0/s1. The van der Waals surface area contributed by atoms with Crippen LogP contribution in [0.2, 0.25) is 0 Å². The van der Waals surface area contributed by atoms with Gasteiger partial charge in [-0.1, -0.05) is 31.4 Å². The zero-order valence-electron chi connectivity index (χ0n) is 10.4. The van der Waals surface area contributed by atoms with Crippen molar-refractivity contribution in [2.24, 2.45) is 11.8 Å². The van der Waals surface area contributed by atoms with Gasteiger partial charge in [-0.05, 0) is 36.0 Å². The van der Waals surface area contributed by atoms with Crippen molar-refractivity contribution < 1.29 is 9.90 Å². The molecule has 3 heteroatoms. The number of carboxylic acid groups (broad SMARTS) is 1. The van der Waals surface area contributed by atoms with Gasteiger partial charge in [-0.2, -0.15) is 0 Å². The van der Waals surface area contributed by atoms with Crippen LogP contribution in [-0.4, -0.2) is 17.1 Å². The van der Waals surface area contributed by atoms with Gasteiger partial charge in [-0.25, -0.2) is 4.79 Å². The van der Waals surface area contributed by atoms with E-state index in [0.29, 0.717) is 11.6 Å². The van der Waals surface area contributed by atoms with E-state index in [1.165, 1.54) is 25.7 Å². The predicted octanol–water partition coefficient (Wildman–Crippen LogP) is 2.66. The Hall–Kier alpha value is -1.35. The van der Waals surface area contributed by atoms with Crippen LogP contribution in [0.5, 0.6) is 0 Å². The maximum Gasteiger partial charge on any atom is 0.335 e. The molecule has 18 heavy (non-hydrogen) atoms. The molecule has 2 saturated carbocycles. The third-order valence-electron chi connectivity index (χ3n) is 4.34. The monoisotopic (exact) mass is 245 g/mol. The highest BCUT2D eigenvalue weighted by Gasteiger charge is 2.44. The molecule has 2 fully saturated rings. The van der Waals surface area contributed by atoms with Gasteiger partial charge in [0, 0.05) is 12.6 Å². The van der Waals surface area contributed by atoms with Crippen molar-refractivity contribution in [1.82, 2.24) is 5.32 Å². The lowest BCUT2D eigenvalue weighted by Gasteiger charge is -2.25. The molecule has 2 aliphatic rings. The molecule has 96 valence electrons. The SMILES string of the molecule is O=C(O)c1cccc(CN[C@@H]2C[C@H]2C2CCC2)c1. The van der Waals surface area contributed by atoms with Crippen LogP contribution in [0.3, 0.4) is 0 Å². The molecule has 0 bridgehead atoms. The smallest absolute Gasteiger partial charge is 0.335 e. The first-order chi connectivity index (χ1) is 8.74. The van der Waals surface area contributed by atoms with Gasteiger partial charge in [0.05, 0.1) is 5.56 Å². The van der Waals surface area contributed by atoms with E-state index in [2.05, 4.69) is 5.32 Å². The molecular weight excluding hydrogens is 226 g/mol. The van der Waals surface area contributed by atoms with Crippen molar-refractivity contribution in [2.75, 3.05) is 0 Å². The lowest BCUT2D eigenvalue weighted by Crippen LogP contribution is -2.23. The molecule has 0 amide bonds. The topological polar surface area (TPSA) is 49.3 Å². The van der Waals surface area contributed by atoms with Crippen LogP contribution >= 0.6 is 0 Å². The Kier molecular flexibility index (Phi) is 3.08. The van der Waals surface area contributed by atoms with Crippen LogP contribution in [0.15, 0.2) is 24.3 Å². The fourth-order valence-electron chi connectivity index (χ4n) is 2.90. The fraction of sp³-hybridized carbons (Fsp3) is 0.533. The van der Waals surface area contributed by atoms with Gasteiger partial charge in [0.15, 0.2) is 0 Å². The second-order valence-corrected chi connectivity index (χ2v) is 5.58. The van der Waals surface area contributed by atoms with Crippen molar-refractivity contribution in [3.8, 4) is 0 Å². The van der Waals surface area contributed by atoms with E-state index in [0.717, 1.165) is 23.9 Å². The Morgan fingerprint density at radius 2 is 2.22 bits per heavy atom. The first kappa shape index (κ1) is 11.7. The molecule has 3 nitrogen and oxygen atoms in total. The summed E-state index contributed by atoms with van der Waals surface area (Å²) >= 11 is 0. The van der Waals surface area contributed by atoms with Gasteiger partial charge in [0.1, 0.15) is 0 Å². The summed E-state index contributed by atoms with van der Waals surface area (Å²) in [7, 11) is 0. The van der Waals surface area contributed by atoms with Crippen LogP contribution in [0.4, 0.5) is 0 Å². The van der Waals surface area contributed by atoms with E-state index < -0.39 is 5.97 Å². The van der Waals surface area contributed by atoms with Crippen LogP contribution in [0, 0.1) is 11.8 Å². The second-order valence-electron chi connectivity index (χ2n) is 5.58. The van der Waals surface area contributed by atoms with E-state index >= 15 is 0 Å². The molecule has 0 radical (unpaired) electrons. The van der Waals surface area contributed by atoms with E-state index in [1.54, 1.807) is 12.1 Å². The number of aromatic carboxylic acids is 1. The van der Waals surface area contributed by atoms with Gasteiger partial charge in [-0.15, -0.1) is 0 Å². The Morgan fingerprint density at radius 3 is 2.89 bits per heavy atom. The Bertz CT molecular complexity index is 454. The number of benzene rings is 1.